The van der Waals surface area contributed by atoms with Gasteiger partial charge in [0.2, 0.25) is 11.8 Å². The van der Waals surface area contributed by atoms with Gasteiger partial charge in [-0.05, 0) is 19.8 Å². The summed E-state index contributed by atoms with van der Waals surface area (Å²) in [6, 6.07) is -2.28. The zero-order valence-corrected chi connectivity index (χ0v) is 13.5. The summed E-state index contributed by atoms with van der Waals surface area (Å²) in [6.07, 6.45) is -0.718. The summed E-state index contributed by atoms with van der Waals surface area (Å²) < 4.78 is 4.93. The highest BCUT2D eigenvalue weighted by atomic mass is 16.5. The average Bonchev–Trinajstić information content (AvgIpc) is 2.32. The number of esters is 1. The molecule has 3 N–H and O–H groups in total. The predicted octanol–water partition coefficient (Wildman–Crippen LogP) is 0.0582. The van der Waals surface area contributed by atoms with Gasteiger partial charge in [-0.3, -0.25) is 14.4 Å². The Bertz CT molecular complexity index is 433. The SMILES string of the molecule is CC(=O)NC(CC(=O)OC(C)C)C(=O)NC(C(=O)O)C(C)C. The second-order valence-corrected chi connectivity index (χ2v) is 5.56. The van der Waals surface area contributed by atoms with Crippen molar-refractivity contribution in [2.24, 2.45) is 5.92 Å². The van der Waals surface area contributed by atoms with Crippen molar-refractivity contribution in [2.45, 2.75) is 59.2 Å². The van der Waals surface area contributed by atoms with E-state index >= 15 is 0 Å². The molecule has 0 fully saturated rings. The number of ether oxygens (including phenoxy) is 1. The van der Waals surface area contributed by atoms with Gasteiger partial charge < -0.3 is 20.5 Å². The normalized spacial score (nSPS) is 13.4. The van der Waals surface area contributed by atoms with Crippen LogP contribution in [-0.2, 0) is 23.9 Å². The van der Waals surface area contributed by atoms with Crippen LogP contribution in [0.2, 0.25) is 0 Å². The lowest BCUT2D eigenvalue weighted by Crippen LogP contribution is -2.53. The Hall–Kier alpha value is -2.12. The number of carboxylic acids is 1. The second-order valence-electron chi connectivity index (χ2n) is 5.56. The number of carbonyl (C=O) groups is 4. The van der Waals surface area contributed by atoms with Crippen molar-refractivity contribution in [1.82, 2.24) is 10.6 Å². The quantitative estimate of drug-likeness (QED) is 0.544. The number of amides is 2. The molecule has 0 aromatic rings. The molecule has 126 valence electrons. The van der Waals surface area contributed by atoms with E-state index in [0.717, 1.165) is 0 Å². The third-order valence-electron chi connectivity index (χ3n) is 2.66. The molecule has 2 amide bonds. The first kappa shape index (κ1) is 19.9. The molecule has 2 unspecified atom stereocenters. The summed E-state index contributed by atoms with van der Waals surface area (Å²) in [5.74, 6) is -3.43. The molecule has 8 nitrogen and oxygen atoms in total. The maximum atomic E-state index is 12.1. The van der Waals surface area contributed by atoms with E-state index in [0.29, 0.717) is 0 Å². The molecule has 0 aliphatic carbocycles. The van der Waals surface area contributed by atoms with Crippen molar-refractivity contribution in [3.8, 4) is 0 Å². The van der Waals surface area contributed by atoms with Crippen LogP contribution in [0.1, 0.15) is 41.0 Å². The largest absolute Gasteiger partial charge is 0.480 e. The Morgan fingerprint density at radius 1 is 1.05 bits per heavy atom. The van der Waals surface area contributed by atoms with Crippen LogP contribution in [-0.4, -0.2) is 47.0 Å². The van der Waals surface area contributed by atoms with Gasteiger partial charge in [-0.25, -0.2) is 4.79 Å². The number of nitrogens with one attached hydrogen (secondary N) is 2. The van der Waals surface area contributed by atoms with Gasteiger partial charge in [0.25, 0.3) is 0 Å². The van der Waals surface area contributed by atoms with Crippen molar-refractivity contribution in [3.05, 3.63) is 0 Å². The molecule has 22 heavy (non-hydrogen) atoms. The molecule has 0 heterocycles. The summed E-state index contributed by atoms with van der Waals surface area (Å²) >= 11 is 0. The Kier molecular flexibility index (Phi) is 8.14. The van der Waals surface area contributed by atoms with E-state index in [9.17, 15) is 19.2 Å². The summed E-state index contributed by atoms with van der Waals surface area (Å²) in [5, 5.41) is 13.7. The van der Waals surface area contributed by atoms with E-state index in [-0.39, 0.29) is 18.4 Å². The summed E-state index contributed by atoms with van der Waals surface area (Å²) in [4.78, 5) is 46.0. The van der Waals surface area contributed by atoms with Crippen molar-refractivity contribution < 1.29 is 29.0 Å². The first-order chi connectivity index (χ1) is 10.0. The molecule has 0 radical (unpaired) electrons. The van der Waals surface area contributed by atoms with Crippen molar-refractivity contribution >= 4 is 23.8 Å². The Morgan fingerprint density at radius 3 is 1.95 bits per heavy atom. The van der Waals surface area contributed by atoms with Crippen LogP contribution in [0.25, 0.3) is 0 Å². The van der Waals surface area contributed by atoms with Gasteiger partial charge in [-0.1, -0.05) is 13.8 Å². The zero-order valence-electron chi connectivity index (χ0n) is 13.5. The average molecular weight is 316 g/mol. The molecule has 0 saturated carbocycles. The fourth-order valence-corrected chi connectivity index (χ4v) is 1.70. The molecular formula is C14H24N2O6. The Morgan fingerprint density at radius 2 is 1.59 bits per heavy atom. The maximum Gasteiger partial charge on any atom is 0.326 e. The second kappa shape index (κ2) is 9.01. The lowest BCUT2D eigenvalue weighted by molar-refractivity contribution is -0.150. The lowest BCUT2D eigenvalue weighted by atomic mass is 10.0. The van der Waals surface area contributed by atoms with Gasteiger partial charge in [0.15, 0.2) is 0 Å². The molecule has 8 heteroatoms. The fourth-order valence-electron chi connectivity index (χ4n) is 1.70. The van der Waals surface area contributed by atoms with E-state index in [1.54, 1.807) is 27.7 Å². The molecular weight excluding hydrogens is 292 g/mol. The monoisotopic (exact) mass is 316 g/mol. The van der Waals surface area contributed by atoms with E-state index in [4.69, 9.17) is 9.84 Å². The van der Waals surface area contributed by atoms with Gasteiger partial charge in [-0.2, -0.15) is 0 Å². The maximum absolute atomic E-state index is 12.1. The van der Waals surface area contributed by atoms with Gasteiger partial charge in [0.05, 0.1) is 12.5 Å². The number of carbonyl (C=O) groups excluding carboxylic acids is 3. The predicted molar refractivity (Wildman–Crippen MR) is 77.9 cm³/mol. The minimum Gasteiger partial charge on any atom is -0.480 e. The zero-order chi connectivity index (χ0) is 17.4. The minimum absolute atomic E-state index is 0.345. The van der Waals surface area contributed by atoms with Gasteiger partial charge in [-0.15, -0.1) is 0 Å². The van der Waals surface area contributed by atoms with Gasteiger partial charge in [0.1, 0.15) is 12.1 Å². The van der Waals surface area contributed by atoms with Crippen LogP contribution in [0.15, 0.2) is 0 Å². The third-order valence-corrected chi connectivity index (χ3v) is 2.66. The molecule has 0 aliphatic rings. The van der Waals surface area contributed by atoms with Crippen LogP contribution < -0.4 is 10.6 Å². The molecule has 2 atom stereocenters. The molecule has 0 spiro atoms. The van der Waals surface area contributed by atoms with Crippen molar-refractivity contribution in [2.75, 3.05) is 0 Å². The van der Waals surface area contributed by atoms with Crippen LogP contribution in [0.4, 0.5) is 0 Å². The summed E-state index contributed by atoms with van der Waals surface area (Å²) in [6.45, 7) is 7.79. The number of rotatable bonds is 8. The van der Waals surface area contributed by atoms with Crippen LogP contribution in [0.5, 0.6) is 0 Å². The fraction of sp³-hybridized carbons (Fsp3) is 0.714. The number of carboxylic acid groups (broad SMARTS) is 1. The minimum atomic E-state index is -1.19. The molecule has 0 rings (SSSR count). The van der Waals surface area contributed by atoms with Gasteiger partial charge in [0, 0.05) is 6.92 Å². The van der Waals surface area contributed by atoms with Crippen LogP contribution in [0, 0.1) is 5.92 Å². The number of hydrogen-bond acceptors (Lipinski definition) is 5. The highest BCUT2D eigenvalue weighted by molar-refractivity contribution is 5.92. The van der Waals surface area contributed by atoms with E-state index < -0.39 is 35.8 Å². The number of hydrogen-bond donors (Lipinski definition) is 3. The highest BCUT2D eigenvalue weighted by Crippen LogP contribution is 2.05. The molecule has 0 aromatic carbocycles. The Balaban J connectivity index is 4.93. The molecule has 0 aromatic heterocycles. The highest BCUT2D eigenvalue weighted by Gasteiger charge is 2.29. The lowest BCUT2D eigenvalue weighted by Gasteiger charge is -2.22. The number of aliphatic carboxylic acids is 1. The first-order valence-electron chi connectivity index (χ1n) is 7.04. The topological polar surface area (TPSA) is 122 Å². The molecule has 0 bridgehead atoms. The standard InChI is InChI=1S/C14H24N2O6/c1-7(2)12(14(20)21)16-13(19)10(15-9(5)17)6-11(18)22-8(3)4/h7-8,10,12H,6H2,1-5H3,(H,15,17)(H,16,19)(H,20,21). The molecule has 0 aliphatic heterocycles. The van der Waals surface area contributed by atoms with E-state index in [1.807, 2.05) is 0 Å². The first-order valence-corrected chi connectivity index (χ1v) is 7.04. The van der Waals surface area contributed by atoms with E-state index in [1.165, 1.54) is 6.92 Å². The van der Waals surface area contributed by atoms with Crippen molar-refractivity contribution in [1.29, 1.82) is 0 Å². The Labute approximate surface area is 129 Å². The summed E-state index contributed by atoms with van der Waals surface area (Å²) in [7, 11) is 0. The van der Waals surface area contributed by atoms with Crippen LogP contribution in [0.3, 0.4) is 0 Å². The third kappa shape index (κ3) is 7.61. The van der Waals surface area contributed by atoms with Crippen molar-refractivity contribution in [3.63, 3.8) is 0 Å². The molecule has 0 saturated heterocycles. The summed E-state index contributed by atoms with van der Waals surface area (Å²) in [5.41, 5.74) is 0. The van der Waals surface area contributed by atoms with Crippen LogP contribution >= 0.6 is 0 Å². The smallest absolute Gasteiger partial charge is 0.326 e. The van der Waals surface area contributed by atoms with E-state index in [2.05, 4.69) is 10.6 Å². The van der Waals surface area contributed by atoms with Gasteiger partial charge >= 0.3 is 11.9 Å².